The summed E-state index contributed by atoms with van der Waals surface area (Å²) in [5.74, 6) is 0.250. The van der Waals surface area contributed by atoms with Crippen molar-refractivity contribution in [2.75, 3.05) is 11.6 Å². The van der Waals surface area contributed by atoms with E-state index in [0.29, 0.717) is 6.54 Å². The van der Waals surface area contributed by atoms with Crippen LogP contribution in [0, 0.1) is 0 Å². The molecule has 0 saturated heterocycles. The lowest BCUT2D eigenvalue weighted by Gasteiger charge is -2.29. The van der Waals surface area contributed by atoms with Crippen LogP contribution in [0.15, 0.2) is 54.6 Å². The zero-order chi connectivity index (χ0) is 19.2. The maximum atomic E-state index is 12.7. The van der Waals surface area contributed by atoms with Crippen molar-refractivity contribution in [3.05, 3.63) is 60.2 Å². The molecule has 0 heterocycles. The molecule has 0 radical (unpaired) electrons. The normalized spacial score (nSPS) is 12.3. The monoisotopic (exact) mass is 376 g/mol. The lowest BCUT2D eigenvalue weighted by Crippen LogP contribution is -2.40. The third-order valence-corrected chi connectivity index (χ3v) is 4.43. The number of hydrogen-bond acceptors (Lipinski definition) is 4. The average molecular weight is 376 g/mol. The van der Waals surface area contributed by atoms with Gasteiger partial charge in [-0.3, -0.25) is 0 Å². The number of carbonyl (C=O) groups is 1. The van der Waals surface area contributed by atoms with Crippen LogP contribution in [0.3, 0.4) is 0 Å². The molecule has 1 N–H and O–H groups in total. The van der Waals surface area contributed by atoms with E-state index in [0.717, 1.165) is 23.9 Å². The second kappa shape index (κ2) is 8.71. The standard InChI is InChI=1S/C19H24N2O4S/c1-4-15(2)21(19(22)20-17-8-6-5-7-9-17)14-16-10-12-18(13-11-16)25-26(3,23)24/h5-13,15H,4,14H2,1-3H3,(H,20,22). The number of benzene rings is 2. The predicted octanol–water partition coefficient (Wildman–Crippen LogP) is 3.86. The molecule has 1 atom stereocenters. The van der Waals surface area contributed by atoms with Gasteiger partial charge in [0.25, 0.3) is 0 Å². The van der Waals surface area contributed by atoms with Crippen LogP contribution in [0.5, 0.6) is 5.75 Å². The molecule has 2 amide bonds. The quantitative estimate of drug-likeness (QED) is 0.745. The van der Waals surface area contributed by atoms with Crippen molar-refractivity contribution in [2.24, 2.45) is 0 Å². The Hall–Kier alpha value is -2.54. The first-order chi connectivity index (χ1) is 12.3. The molecule has 0 bridgehead atoms. The topological polar surface area (TPSA) is 75.7 Å². The zero-order valence-electron chi connectivity index (χ0n) is 15.2. The molecule has 0 saturated carbocycles. The third-order valence-electron chi connectivity index (χ3n) is 3.93. The summed E-state index contributed by atoms with van der Waals surface area (Å²) in [4.78, 5) is 14.4. The van der Waals surface area contributed by atoms with Gasteiger partial charge < -0.3 is 14.4 Å². The number of nitrogens with one attached hydrogen (secondary N) is 1. The Balaban J connectivity index is 2.11. The van der Waals surface area contributed by atoms with Gasteiger partial charge in [-0.05, 0) is 43.2 Å². The van der Waals surface area contributed by atoms with Gasteiger partial charge in [0, 0.05) is 18.3 Å². The second-order valence-electron chi connectivity index (χ2n) is 6.11. The summed E-state index contributed by atoms with van der Waals surface area (Å²) in [5, 5.41) is 2.90. The molecular weight excluding hydrogens is 352 g/mol. The summed E-state index contributed by atoms with van der Waals surface area (Å²) in [6, 6.07) is 15.8. The fourth-order valence-corrected chi connectivity index (χ4v) is 2.85. The number of rotatable bonds is 7. The second-order valence-corrected chi connectivity index (χ2v) is 7.69. The minimum absolute atomic E-state index is 0.0469. The number of nitrogens with zero attached hydrogens (tertiary/aromatic N) is 1. The Bertz CT molecular complexity index is 820. The maximum absolute atomic E-state index is 12.7. The Morgan fingerprint density at radius 2 is 1.73 bits per heavy atom. The van der Waals surface area contributed by atoms with Crippen LogP contribution in [0.1, 0.15) is 25.8 Å². The largest absolute Gasteiger partial charge is 0.383 e. The molecular formula is C19H24N2O4S. The highest BCUT2D eigenvalue weighted by atomic mass is 32.2. The van der Waals surface area contributed by atoms with Crippen LogP contribution < -0.4 is 9.50 Å². The molecule has 0 aromatic heterocycles. The third kappa shape index (κ3) is 6.07. The molecule has 7 heteroatoms. The van der Waals surface area contributed by atoms with Crippen molar-refractivity contribution in [2.45, 2.75) is 32.9 Å². The molecule has 2 rings (SSSR count). The molecule has 140 valence electrons. The lowest BCUT2D eigenvalue weighted by atomic mass is 10.1. The lowest BCUT2D eigenvalue weighted by molar-refractivity contribution is 0.187. The van der Waals surface area contributed by atoms with Gasteiger partial charge in [-0.2, -0.15) is 8.42 Å². The van der Waals surface area contributed by atoms with Crippen molar-refractivity contribution < 1.29 is 17.4 Å². The van der Waals surface area contributed by atoms with Crippen LogP contribution in [0.25, 0.3) is 0 Å². The summed E-state index contributed by atoms with van der Waals surface area (Å²) in [5.41, 5.74) is 1.62. The highest BCUT2D eigenvalue weighted by Crippen LogP contribution is 2.18. The van der Waals surface area contributed by atoms with Gasteiger partial charge >= 0.3 is 16.1 Å². The number of amides is 2. The van der Waals surface area contributed by atoms with Crippen LogP contribution >= 0.6 is 0 Å². The van der Waals surface area contributed by atoms with E-state index in [1.165, 1.54) is 0 Å². The van der Waals surface area contributed by atoms with E-state index in [2.05, 4.69) is 5.32 Å². The van der Waals surface area contributed by atoms with E-state index in [9.17, 15) is 13.2 Å². The molecule has 0 spiro atoms. The van der Waals surface area contributed by atoms with Gasteiger partial charge in [-0.1, -0.05) is 37.3 Å². The number of para-hydroxylation sites is 1. The number of hydrogen-bond donors (Lipinski definition) is 1. The van der Waals surface area contributed by atoms with E-state index in [4.69, 9.17) is 4.18 Å². The maximum Gasteiger partial charge on any atom is 0.322 e. The zero-order valence-corrected chi connectivity index (χ0v) is 16.0. The summed E-state index contributed by atoms with van der Waals surface area (Å²) < 4.78 is 27.2. The molecule has 2 aromatic carbocycles. The van der Waals surface area contributed by atoms with E-state index in [-0.39, 0.29) is 17.8 Å². The summed E-state index contributed by atoms with van der Waals surface area (Å²) in [6.45, 7) is 4.43. The minimum Gasteiger partial charge on any atom is -0.383 e. The van der Waals surface area contributed by atoms with Crippen molar-refractivity contribution in [3.63, 3.8) is 0 Å². The Labute approximate surface area is 154 Å². The van der Waals surface area contributed by atoms with Gasteiger partial charge in [0.2, 0.25) is 0 Å². The van der Waals surface area contributed by atoms with Gasteiger partial charge in [0.15, 0.2) is 0 Å². The molecule has 0 aliphatic heterocycles. The Morgan fingerprint density at radius 3 is 2.27 bits per heavy atom. The first-order valence-electron chi connectivity index (χ1n) is 8.39. The van der Waals surface area contributed by atoms with Crippen molar-refractivity contribution in [3.8, 4) is 5.75 Å². The van der Waals surface area contributed by atoms with E-state index in [1.54, 1.807) is 29.2 Å². The number of carbonyl (C=O) groups excluding carboxylic acids is 1. The molecule has 26 heavy (non-hydrogen) atoms. The average Bonchev–Trinajstić information content (AvgIpc) is 2.60. The molecule has 0 fully saturated rings. The summed E-state index contributed by atoms with van der Waals surface area (Å²) >= 11 is 0. The molecule has 2 aromatic rings. The van der Waals surface area contributed by atoms with Gasteiger partial charge in [-0.15, -0.1) is 0 Å². The van der Waals surface area contributed by atoms with Crippen molar-refractivity contribution in [1.29, 1.82) is 0 Å². The Kier molecular flexibility index (Phi) is 6.63. The van der Waals surface area contributed by atoms with Gasteiger partial charge in [0.1, 0.15) is 5.75 Å². The van der Waals surface area contributed by atoms with E-state index >= 15 is 0 Å². The molecule has 1 unspecified atom stereocenters. The Morgan fingerprint density at radius 1 is 1.12 bits per heavy atom. The fourth-order valence-electron chi connectivity index (χ4n) is 2.39. The van der Waals surface area contributed by atoms with Crippen LogP contribution in [-0.4, -0.2) is 31.6 Å². The van der Waals surface area contributed by atoms with Crippen molar-refractivity contribution >= 4 is 21.8 Å². The SMILES string of the molecule is CCC(C)N(Cc1ccc(OS(C)(=O)=O)cc1)C(=O)Nc1ccccc1. The van der Waals surface area contributed by atoms with Crippen LogP contribution in [-0.2, 0) is 16.7 Å². The number of anilines is 1. The fraction of sp³-hybridized carbons (Fsp3) is 0.316. The van der Waals surface area contributed by atoms with E-state index in [1.807, 2.05) is 44.2 Å². The molecule has 0 aliphatic rings. The first-order valence-corrected chi connectivity index (χ1v) is 10.2. The number of urea groups is 1. The van der Waals surface area contributed by atoms with Gasteiger partial charge in [0.05, 0.1) is 6.26 Å². The highest BCUT2D eigenvalue weighted by molar-refractivity contribution is 7.86. The summed E-state index contributed by atoms with van der Waals surface area (Å²) in [6.07, 6.45) is 1.82. The smallest absolute Gasteiger partial charge is 0.322 e. The summed E-state index contributed by atoms with van der Waals surface area (Å²) in [7, 11) is -3.55. The van der Waals surface area contributed by atoms with Crippen LogP contribution in [0.4, 0.5) is 10.5 Å². The van der Waals surface area contributed by atoms with Gasteiger partial charge in [-0.25, -0.2) is 4.79 Å². The van der Waals surface area contributed by atoms with Crippen molar-refractivity contribution in [1.82, 2.24) is 4.90 Å². The van der Waals surface area contributed by atoms with E-state index < -0.39 is 10.1 Å². The minimum atomic E-state index is -3.55. The molecule has 0 aliphatic carbocycles. The van der Waals surface area contributed by atoms with Crippen LogP contribution in [0.2, 0.25) is 0 Å². The first kappa shape index (κ1) is 19.8. The molecule has 6 nitrogen and oxygen atoms in total. The predicted molar refractivity (Wildman–Crippen MR) is 103 cm³/mol. The highest BCUT2D eigenvalue weighted by Gasteiger charge is 2.19.